The molecule has 0 fully saturated rings. The molecule has 4 unspecified atom stereocenters. The van der Waals surface area contributed by atoms with Crippen LogP contribution in [-0.4, -0.2) is 75.5 Å². The summed E-state index contributed by atoms with van der Waals surface area (Å²) in [5.41, 5.74) is 5.61. The van der Waals surface area contributed by atoms with Crippen LogP contribution in [0.3, 0.4) is 0 Å². The van der Waals surface area contributed by atoms with Crippen molar-refractivity contribution in [2.45, 2.75) is 57.3 Å². The van der Waals surface area contributed by atoms with E-state index < -0.39 is 60.2 Å². The van der Waals surface area contributed by atoms with Crippen LogP contribution in [-0.2, 0) is 24.0 Å². The molecule has 0 aromatic carbocycles. The number of hydrogen-bond acceptors (Lipinski definition) is 8. The molecule has 0 bridgehead atoms. The minimum atomic E-state index is -1.33. The Morgan fingerprint density at radius 2 is 1.33 bits per heavy atom. The Kier molecular flexibility index (Phi) is 13.2. The third kappa shape index (κ3) is 10.7. The number of nitrogens with two attached hydrogens (primary N) is 1. The smallest absolute Gasteiger partial charge is 0.327 e. The lowest BCUT2D eigenvalue weighted by Gasteiger charge is -2.25. The second kappa shape index (κ2) is 14.1. The molecule has 7 N–H and O–H groups in total. The highest BCUT2D eigenvalue weighted by atomic mass is 32.1. The summed E-state index contributed by atoms with van der Waals surface area (Å²) < 4.78 is 0. The van der Waals surface area contributed by atoms with Gasteiger partial charge in [0.1, 0.15) is 18.1 Å². The number of carbonyl (C=O) groups is 5. The first kappa shape index (κ1) is 28.0. The highest BCUT2D eigenvalue weighted by molar-refractivity contribution is 7.80. The average molecular weight is 467 g/mol. The summed E-state index contributed by atoms with van der Waals surface area (Å²) in [6.07, 6.45) is -0.481. The monoisotopic (exact) mass is 466 g/mol. The van der Waals surface area contributed by atoms with Gasteiger partial charge in [-0.05, 0) is 18.8 Å². The van der Waals surface area contributed by atoms with Crippen LogP contribution in [0.15, 0.2) is 0 Å². The van der Waals surface area contributed by atoms with Gasteiger partial charge in [-0.15, -0.1) is 0 Å². The lowest BCUT2D eigenvalue weighted by atomic mass is 10.0. The van der Waals surface area contributed by atoms with E-state index in [4.69, 9.17) is 15.9 Å². The molecule has 11 nitrogen and oxygen atoms in total. The molecule has 30 heavy (non-hydrogen) atoms. The molecule has 172 valence electrons. The second-order valence-electron chi connectivity index (χ2n) is 7.06. The summed E-state index contributed by atoms with van der Waals surface area (Å²) >= 11 is 7.78. The lowest BCUT2D eigenvalue weighted by molar-refractivity contribution is -0.142. The van der Waals surface area contributed by atoms with Crippen molar-refractivity contribution < 1.29 is 34.2 Å². The van der Waals surface area contributed by atoms with Gasteiger partial charge in [-0.2, -0.15) is 25.3 Å². The average Bonchev–Trinajstić information content (AvgIpc) is 2.66. The molecule has 0 aromatic heterocycles. The van der Waals surface area contributed by atoms with Gasteiger partial charge in [-0.1, -0.05) is 13.8 Å². The third-order valence-corrected chi connectivity index (χ3v) is 4.71. The van der Waals surface area contributed by atoms with Gasteiger partial charge in [0.2, 0.25) is 17.7 Å². The highest BCUT2D eigenvalue weighted by Crippen LogP contribution is 2.08. The predicted molar refractivity (Wildman–Crippen MR) is 115 cm³/mol. The quantitative estimate of drug-likeness (QED) is 0.144. The van der Waals surface area contributed by atoms with Crippen molar-refractivity contribution in [1.82, 2.24) is 16.0 Å². The zero-order chi connectivity index (χ0) is 23.4. The molecule has 0 radical (unpaired) electrons. The maximum absolute atomic E-state index is 12.7. The molecule has 0 saturated carbocycles. The van der Waals surface area contributed by atoms with E-state index in [1.165, 1.54) is 0 Å². The molecule has 0 saturated heterocycles. The molecule has 0 aliphatic heterocycles. The number of carbonyl (C=O) groups excluding carboxylic acids is 3. The van der Waals surface area contributed by atoms with Gasteiger partial charge in [0.15, 0.2) is 0 Å². The van der Waals surface area contributed by atoms with Crippen LogP contribution in [0.5, 0.6) is 0 Å². The van der Waals surface area contributed by atoms with Gasteiger partial charge in [0, 0.05) is 17.9 Å². The van der Waals surface area contributed by atoms with Crippen LogP contribution in [0, 0.1) is 5.92 Å². The number of thiol groups is 2. The Morgan fingerprint density at radius 1 is 0.833 bits per heavy atom. The molecular weight excluding hydrogens is 436 g/mol. The van der Waals surface area contributed by atoms with Crippen molar-refractivity contribution in [1.29, 1.82) is 0 Å². The summed E-state index contributed by atoms with van der Waals surface area (Å²) in [5, 5.41) is 25.1. The summed E-state index contributed by atoms with van der Waals surface area (Å²) in [7, 11) is 0. The van der Waals surface area contributed by atoms with E-state index >= 15 is 0 Å². The van der Waals surface area contributed by atoms with Crippen molar-refractivity contribution in [3.8, 4) is 0 Å². The first-order chi connectivity index (χ1) is 13.9. The summed E-state index contributed by atoms with van der Waals surface area (Å²) in [5.74, 6) is -4.84. The number of rotatable bonds is 14. The zero-order valence-corrected chi connectivity index (χ0v) is 18.6. The van der Waals surface area contributed by atoms with Crippen LogP contribution in [0.25, 0.3) is 0 Å². The maximum Gasteiger partial charge on any atom is 0.327 e. The second-order valence-corrected chi connectivity index (χ2v) is 7.79. The van der Waals surface area contributed by atoms with Crippen LogP contribution in [0.2, 0.25) is 0 Å². The summed E-state index contributed by atoms with van der Waals surface area (Å²) in [6, 6.07) is -4.60. The topological polar surface area (TPSA) is 188 Å². The van der Waals surface area contributed by atoms with E-state index in [9.17, 15) is 24.0 Å². The van der Waals surface area contributed by atoms with Crippen molar-refractivity contribution in [2.75, 3.05) is 11.5 Å². The molecule has 0 aliphatic rings. The van der Waals surface area contributed by atoms with Gasteiger partial charge in [0.25, 0.3) is 0 Å². The van der Waals surface area contributed by atoms with Crippen molar-refractivity contribution in [3.05, 3.63) is 0 Å². The molecule has 13 heteroatoms. The molecule has 0 aromatic rings. The number of hydrogen-bond donors (Lipinski definition) is 8. The number of amides is 3. The number of carboxylic acid groups (broad SMARTS) is 2. The van der Waals surface area contributed by atoms with Gasteiger partial charge in [0.05, 0.1) is 6.04 Å². The van der Waals surface area contributed by atoms with Gasteiger partial charge < -0.3 is 31.9 Å². The molecule has 3 amide bonds. The van der Waals surface area contributed by atoms with E-state index in [0.29, 0.717) is 0 Å². The maximum atomic E-state index is 12.7. The Balaban J connectivity index is 5.43. The zero-order valence-electron chi connectivity index (χ0n) is 16.8. The SMILES string of the molecule is CC(C)CC(NC(=O)C(N)CS)C(=O)NC(CCC(=O)O)C(=O)NC(CS)C(=O)O. The minimum Gasteiger partial charge on any atom is -0.481 e. The molecule has 0 rings (SSSR count). The largest absolute Gasteiger partial charge is 0.481 e. The van der Waals surface area contributed by atoms with E-state index in [2.05, 4.69) is 41.2 Å². The van der Waals surface area contributed by atoms with Gasteiger partial charge in [-0.25, -0.2) is 4.79 Å². The van der Waals surface area contributed by atoms with Crippen molar-refractivity contribution in [2.24, 2.45) is 11.7 Å². The van der Waals surface area contributed by atoms with Crippen LogP contribution < -0.4 is 21.7 Å². The first-order valence-corrected chi connectivity index (χ1v) is 10.5. The normalized spacial score (nSPS) is 14.9. The van der Waals surface area contributed by atoms with E-state index in [-0.39, 0.29) is 30.3 Å². The minimum absolute atomic E-state index is 0.000134. The van der Waals surface area contributed by atoms with E-state index in [0.717, 1.165) is 0 Å². The van der Waals surface area contributed by atoms with Crippen molar-refractivity contribution in [3.63, 3.8) is 0 Å². The van der Waals surface area contributed by atoms with Crippen LogP contribution >= 0.6 is 25.3 Å². The molecular formula is C17H30N4O7S2. The number of aliphatic carboxylic acids is 2. The molecule has 0 spiro atoms. The summed E-state index contributed by atoms with van der Waals surface area (Å²) in [6.45, 7) is 3.65. The van der Waals surface area contributed by atoms with Gasteiger partial charge >= 0.3 is 11.9 Å². The van der Waals surface area contributed by atoms with E-state index in [1.807, 2.05) is 13.8 Å². The third-order valence-electron chi connectivity index (χ3n) is 3.95. The lowest BCUT2D eigenvalue weighted by Crippen LogP contribution is -2.57. The fraction of sp³-hybridized carbons (Fsp3) is 0.706. The Hall–Kier alpha value is -1.99. The standard InChI is InChI=1S/C17H30N4O7S2/c1-8(2)5-11(20-14(24)9(18)6-29)16(26)19-10(3-4-13(22)23)15(25)21-12(7-30)17(27)28/h8-12,29-30H,3-7,18H2,1-2H3,(H,19,26)(H,20,24)(H,21,25)(H,22,23)(H,27,28). The van der Waals surface area contributed by atoms with Crippen LogP contribution in [0.1, 0.15) is 33.1 Å². The Labute approximate surface area is 185 Å². The predicted octanol–water partition coefficient (Wildman–Crippen LogP) is -1.38. The fourth-order valence-corrected chi connectivity index (χ4v) is 2.74. The van der Waals surface area contributed by atoms with Gasteiger partial charge in [-0.3, -0.25) is 19.2 Å². The molecule has 0 aliphatic carbocycles. The Bertz CT molecular complexity index is 633. The van der Waals surface area contributed by atoms with Crippen LogP contribution in [0.4, 0.5) is 0 Å². The Morgan fingerprint density at radius 3 is 1.77 bits per heavy atom. The molecule has 0 heterocycles. The fourth-order valence-electron chi connectivity index (χ4n) is 2.33. The highest BCUT2D eigenvalue weighted by Gasteiger charge is 2.30. The van der Waals surface area contributed by atoms with E-state index in [1.54, 1.807) is 0 Å². The molecule has 4 atom stereocenters. The number of carboxylic acids is 2. The number of nitrogens with one attached hydrogen (secondary N) is 3. The van der Waals surface area contributed by atoms with Crippen molar-refractivity contribution >= 4 is 54.9 Å². The summed E-state index contributed by atoms with van der Waals surface area (Å²) in [4.78, 5) is 59.3. The first-order valence-electron chi connectivity index (χ1n) is 9.25.